The normalized spacial score (nSPS) is 13.7. The van der Waals surface area contributed by atoms with E-state index in [1.54, 1.807) is 5.01 Å². The summed E-state index contributed by atoms with van der Waals surface area (Å²) in [5.74, 6) is 0.852. The summed E-state index contributed by atoms with van der Waals surface area (Å²) in [7, 11) is 0. The fourth-order valence-electron chi connectivity index (χ4n) is 3.31. The van der Waals surface area contributed by atoms with Crippen LogP contribution < -0.4 is 9.91 Å². The summed E-state index contributed by atoms with van der Waals surface area (Å²) < 4.78 is 0. The van der Waals surface area contributed by atoms with E-state index in [2.05, 4.69) is 29.1 Å². The third-order valence-corrected chi connectivity index (χ3v) is 4.44. The van der Waals surface area contributed by atoms with Crippen LogP contribution in [0.3, 0.4) is 0 Å². The molecule has 26 heavy (non-hydrogen) atoms. The number of anilines is 2. The smallest absolute Gasteiger partial charge is 0.208 e. The van der Waals surface area contributed by atoms with Gasteiger partial charge in [-0.2, -0.15) is 29.4 Å². The molecule has 4 nitrogen and oxygen atoms in total. The van der Waals surface area contributed by atoms with Gasteiger partial charge in [0.2, 0.25) is 5.69 Å². The predicted octanol–water partition coefficient (Wildman–Crippen LogP) is 4.82. The Balaban J connectivity index is 0.00000168. The zero-order valence-corrected chi connectivity index (χ0v) is 15.9. The molecule has 0 aromatic heterocycles. The van der Waals surface area contributed by atoms with Crippen molar-refractivity contribution < 1.29 is 20.1 Å². The number of benzene rings is 3. The van der Waals surface area contributed by atoms with E-state index in [0.29, 0.717) is 5.69 Å². The molecule has 1 radical (unpaired) electrons. The van der Waals surface area contributed by atoms with Crippen molar-refractivity contribution in [3.05, 3.63) is 96.4 Å². The molecule has 5 heteroatoms. The van der Waals surface area contributed by atoms with Crippen molar-refractivity contribution in [3.63, 3.8) is 0 Å². The third kappa shape index (κ3) is 2.35. The summed E-state index contributed by atoms with van der Waals surface area (Å²) in [5.41, 5.74) is 5.69. The Bertz CT molecular complexity index is 1070. The summed E-state index contributed by atoms with van der Waals surface area (Å²) in [4.78, 5) is 5.65. The van der Waals surface area contributed by atoms with Gasteiger partial charge < -0.3 is 9.91 Å². The molecule has 127 valence electrons. The summed E-state index contributed by atoms with van der Waals surface area (Å²) in [5, 5.41) is 6.56. The summed E-state index contributed by atoms with van der Waals surface area (Å²) in [6, 6.07) is 25.1. The van der Waals surface area contributed by atoms with Crippen molar-refractivity contribution in [1.29, 1.82) is 0 Å². The molecule has 0 saturated heterocycles. The molecule has 0 unspecified atom stereocenters. The molecule has 0 saturated carbocycles. The minimum Gasteiger partial charge on any atom is -0.476 e. The molecule has 2 aliphatic heterocycles. The van der Waals surface area contributed by atoms with Gasteiger partial charge in [0, 0.05) is 31.4 Å². The van der Waals surface area contributed by atoms with Crippen molar-refractivity contribution in [2.24, 2.45) is 5.10 Å². The van der Waals surface area contributed by atoms with Crippen LogP contribution in [0.4, 0.5) is 17.1 Å². The molecule has 0 bridgehead atoms. The summed E-state index contributed by atoms with van der Waals surface area (Å²) in [6.07, 6.45) is 0. The van der Waals surface area contributed by atoms with Gasteiger partial charge in [0.25, 0.3) is 0 Å². The zero-order chi connectivity index (χ0) is 16.8. The van der Waals surface area contributed by atoms with Crippen molar-refractivity contribution in [2.45, 2.75) is 0 Å². The van der Waals surface area contributed by atoms with Gasteiger partial charge in [0.1, 0.15) is 5.84 Å². The number of fused-ring (bicyclic) bond motifs is 6. The molecule has 0 fully saturated rings. The topological polar surface area (TPSA) is 23.2 Å². The fraction of sp³-hybridized carbons (Fsp3) is 0. The Labute approximate surface area is 165 Å². The molecule has 0 N–H and O–H groups in total. The number of hydrazone groups is 1. The summed E-state index contributed by atoms with van der Waals surface area (Å²) >= 11 is 0. The Morgan fingerprint density at radius 2 is 1.65 bits per heavy atom. The first-order valence-corrected chi connectivity index (χ1v) is 7.96. The standard InChI is InChI=1S/C21H12N4.Ir/c1-22-18-11-5-7-13-20(18)25-14-24-19-12-6-4-9-16(19)15-8-2-3-10-17(15)21(24)23-25;/h2-11,13-14H;/q-2;. The van der Waals surface area contributed by atoms with Crippen LogP contribution in [0, 0.1) is 19.3 Å². The molecule has 0 spiro atoms. The first-order chi connectivity index (χ1) is 12.4. The van der Waals surface area contributed by atoms with Crippen LogP contribution in [0.5, 0.6) is 0 Å². The van der Waals surface area contributed by atoms with Gasteiger partial charge in [-0.15, -0.1) is 12.2 Å². The van der Waals surface area contributed by atoms with Crippen LogP contribution in [0.25, 0.3) is 16.0 Å². The maximum Gasteiger partial charge on any atom is 0.208 e. The molecule has 3 aromatic carbocycles. The number of para-hydroxylation sites is 3. The SMILES string of the molecule is [C-]#[N+]c1ccccc1N1[CH-]N2C(=N1)c1ccccc1-c1ccc[c-]c12.[Ir]. The van der Waals surface area contributed by atoms with Crippen LogP contribution in [0.2, 0.25) is 0 Å². The monoisotopic (exact) mass is 513 g/mol. The van der Waals surface area contributed by atoms with Gasteiger partial charge in [0.15, 0.2) is 0 Å². The molecular formula is C21H12IrN4-2. The van der Waals surface area contributed by atoms with Gasteiger partial charge in [-0.05, 0) is 0 Å². The van der Waals surface area contributed by atoms with Gasteiger partial charge in [-0.3, -0.25) is 0 Å². The molecule has 0 amide bonds. The van der Waals surface area contributed by atoms with Gasteiger partial charge in [-0.25, -0.2) is 4.85 Å². The van der Waals surface area contributed by atoms with Crippen LogP contribution in [0.1, 0.15) is 5.56 Å². The minimum absolute atomic E-state index is 0. The maximum absolute atomic E-state index is 7.40. The first-order valence-electron chi connectivity index (χ1n) is 7.96. The second-order valence-corrected chi connectivity index (χ2v) is 5.83. The van der Waals surface area contributed by atoms with E-state index in [0.717, 1.165) is 33.9 Å². The Morgan fingerprint density at radius 3 is 2.50 bits per heavy atom. The van der Waals surface area contributed by atoms with E-state index in [4.69, 9.17) is 11.7 Å². The van der Waals surface area contributed by atoms with Crippen LogP contribution in [-0.2, 0) is 20.1 Å². The second kappa shape index (κ2) is 6.42. The number of nitrogens with zero attached hydrogens (tertiary/aromatic N) is 4. The molecule has 0 aliphatic carbocycles. The van der Waals surface area contributed by atoms with Crippen molar-refractivity contribution >= 4 is 22.9 Å². The molecule has 2 aliphatic rings. The van der Waals surface area contributed by atoms with E-state index >= 15 is 0 Å². The number of hydrogen-bond acceptors (Lipinski definition) is 3. The first kappa shape index (κ1) is 16.5. The molecule has 0 atom stereocenters. The average molecular weight is 513 g/mol. The molecule has 2 heterocycles. The average Bonchev–Trinajstić information content (AvgIpc) is 3.14. The fourth-order valence-corrected chi connectivity index (χ4v) is 3.31. The summed E-state index contributed by atoms with van der Waals surface area (Å²) in [6.45, 7) is 9.32. The number of rotatable bonds is 1. The quantitative estimate of drug-likeness (QED) is 0.437. The van der Waals surface area contributed by atoms with E-state index in [-0.39, 0.29) is 20.1 Å². The van der Waals surface area contributed by atoms with Gasteiger partial charge in [-0.1, -0.05) is 59.8 Å². The third-order valence-electron chi connectivity index (χ3n) is 4.44. The van der Waals surface area contributed by atoms with E-state index in [9.17, 15) is 0 Å². The Morgan fingerprint density at radius 1 is 0.923 bits per heavy atom. The Hall–Kier alpha value is -2.93. The van der Waals surface area contributed by atoms with Crippen molar-refractivity contribution in [2.75, 3.05) is 9.91 Å². The van der Waals surface area contributed by atoms with Crippen molar-refractivity contribution in [1.82, 2.24) is 0 Å². The predicted molar refractivity (Wildman–Crippen MR) is 99.2 cm³/mol. The zero-order valence-electron chi connectivity index (χ0n) is 13.6. The molecule has 3 aromatic rings. The minimum atomic E-state index is 0. The molecule has 5 rings (SSSR count). The van der Waals surface area contributed by atoms with Crippen LogP contribution >= 0.6 is 0 Å². The van der Waals surface area contributed by atoms with Crippen molar-refractivity contribution in [3.8, 4) is 11.1 Å². The second-order valence-electron chi connectivity index (χ2n) is 5.83. The largest absolute Gasteiger partial charge is 0.476 e. The number of hydrogen-bond donors (Lipinski definition) is 0. The van der Waals surface area contributed by atoms with Gasteiger partial charge >= 0.3 is 0 Å². The van der Waals surface area contributed by atoms with E-state index < -0.39 is 0 Å². The van der Waals surface area contributed by atoms with Gasteiger partial charge in [0.05, 0.1) is 6.57 Å². The number of amidine groups is 1. The van der Waals surface area contributed by atoms with E-state index in [1.807, 2.05) is 60.1 Å². The maximum atomic E-state index is 7.40. The Kier molecular flexibility index (Phi) is 4.08. The van der Waals surface area contributed by atoms with Crippen LogP contribution in [0.15, 0.2) is 71.8 Å². The molecular weight excluding hydrogens is 500 g/mol. The van der Waals surface area contributed by atoms with E-state index in [1.165, 1.54) is 0 Å². The van der Waals surface area contributed by atoms with Crippen LogP contribution in [-0.4, -0.2) is 5.84 Å².